The van der Waals surface area contributed by atoms with Gasteiger partial charge in [-0.3, -0.25) is 4.98 Å². The predicted octanol–water partition coefficient (Wildman–Crippen LogP) is 2.11. The molecule has 0 unspecified atom stereocenters. The minimum atomic E-state index is -0.234. The third kappa shape index (κ3) is 4.57. The average Bonchev–Trinajstić information content (AvgIpc) is 2.26. The van der Waals surface area contributed by atoms with Gasteiger partial charge in [0.05, 0.1) is 11.5 Å². The zero-order valence-corrected chi connectivity index (χ0v) is 9.33. The van der Waals surface area contributed by atoms with E-state index in [0.717, 1.165) is 19.5 Å². The molecule has 3 heteroatoms. The molecule has 0 aliphatic rings. The van der Waals surface area contributed by atoms with Crippen molar-refractivity contribution in [1.82, 2.24) is 10.3 Å². The van der Waals surface area contributed by atoms with Gasteiger partial charge in [0.25, 0.3) is 0 Å². The van der Waals surface area contributed by atoms with Crippen LogP contribution in [0.5, 0.6) is 0 Å². The van der Waals surface area contributed by atoms with Crippen LogP contribution < -0.4 is 5.32 Å². The molecule has 0 atom stereocenters. The van der Waals surface area contributed by atoms with Crippen LogP contribution in [0.15, 0.2) is 24.5 Å². The van der Waals surface area contributed by atoms with Crippen LogP contribution in [0.2, 0.25) is 0 Å². The highest BCUT2D eigenvalue weighted by Crippen LogP contribution is 2.17. The van der Waals surface area contributed by atoms with Crippen LogP contribution in [0.25, 0.3) is 0 Å². The minimum Gasteiger partial charge on any atom is -0.313 e. The van der Waals surface area contributed by atoms with Gasteiger partial charge in [-0.2, -0.15) is 5.26 Å². The summed E-state index contributed by atoms with van der Waals surface area (Å²) in [6.07, 6.45) is 4.48. The van der Waals surface area contributed by atoms with Crippen molar-refractivity contribution in [2.45, 2.75) is 26.8 Å². The highest BCUT2D eigenvalue weighted by molar-refractivity contribution is 5.07. The number of nitrogens with one attached hydrogen (secondary N) is 1. The van der Waals surface area contributed by atoms with Crippen LogP contribution in [0, 0.1) is 16.7 Å². The lowest BCUT2D eigenvalue weighted by molar-refractivity contribution is 0.432. The second kappa shape index (κ2) is 5.47. The normalized spacial score (nSPS) is 11.0. The van der Waals surface area contributed by atoms with Crippen molar-refractivity contribution in [2.24, 2.45) is 5.41 Å². The molecule has 0 aliphatic heterocycles. The quantitative estimate of drug-likeness (QED) is 0.746. The first-order valence-electron chi connectivity index (χ1n) is 5.15. The first kappa shape index (κ1) is 11.7. The molecule has 0 saturated heterocycles. The topological polar surface area (TPSA) is 48.7 Å². The number of nitriles is 1. The van der Waals surface area contributed by atoms with Crippen LogP contribution in [-0.2, 0) is 6.54 Å². The van der Waals surface area contributed by atoms with Gasteiger partial charge < -0.3 is 5.32 Å². The summed E-state index contributed by atoms with van der Waals surface area (Å²) in [7, 11) is 0. The molecular formula is C12H17N3. The van der Waals surface area contributed by atoms with Gasteiger partial charge in [0.15, 0.2) is 0 Å². The molecule has 1 N–H and O–H groups in total. The van der Waals surface area contributed by atoms with E-state index in [1.165, 1.54) is 5.56 Å². The van der Waals surface area contributed by atoms with Gasteiger partial charge in [0.2, 0.25) is 0 Å². The van der Waals surface area contributed by atoms with E-state index in [0.29, 0.717) is 0 Å². The largest absolute Gasteiger partial charge is 0.313 e. The standard InChI is InChI=1S/C12H17N3/c1-12(2,10-13)5-7-15-9-11-4-3-6-14-8-11/h3-4,6,8,15H,5,7,9H2,1-2H3. The fraction of sp³-hybridized carbons (Fsp3) is 0.500. The summed E-state index contributed by atoms with van der Waals surface area (Å²) < 4.78 is 0. The summed E-state index contributed by atoms with van der Waals surface area (Å²) in [5, 5.41) is 12.1. The molecule has 0 fully saturated rings. The summed E-state index contributed by atoms with van der Waals surface area (Å²) in [6, 6.07) is 6.25. The Labute approximate surface area is 91.1 Å². The zero-order valence-electron chi connectivity index (χ0n) is 9.33. The second-order valence-electron chi connectivity index (χ2n) is 4.28. The Bertz CT molecular complexity index is 324. The van der Waals surface area contributed by atoms with Crippen molar-refractivity contribution in [3.63, 3.8) is 0 Å². The van der Waals surface area contributed by atoms with Crippen LogP contribution in [0.3, 0.4) is 0 Å². The SMILES string of the molecule is CC(C)(C#N)CCNCc1cccnc1. The van der Waals surface area contributed by atoms with Gasteiger partial charge in [0, 0.05) is 18.9 Å². The molecular weight excluding hydrogens is 186 g/mol. The van der Waals surface area contributed by atoms with Gasteiger partial charge in [-0.15, -0.1) is 0 Å². The number of hydrogen-bond donors (Lipinski definition) is 1. The van der Waals surface area contributed by atoms with Crippen LogP contribution in [-0.4, -0.2) is 11.5 Å². The van der Waals surface area contributed by atoms with Crippen molar-refractivity contribution < 1.29 is 0 Å². The molecule has 1 heterocycles. The van der Waals surface area contributed by atoms with Crippen molar-refractivity contribution in [3.05, 3.63) is 30.1 Å². The first-order chi connectivity index (χ1) is 7.14. The molecule has 1 aromatic heterocycles. The van der Waals surface area contributed by atoms with Gasteiger partial charge in [-0.05, 0) is 38.4 Å². The Hall–Kier alpha value is -1.40. The Morgan fingerprint density at radius 2 is 2.33 bits per heavy atom. The third-order valence-electron chi connectivity index (χ3n) is 2.28. The summed E-state index contributed by atoms with van der Waals surface area (Å²) in [6.45, 7) is 5.59. The van der Waals surface area contributed by atoms with Gasteiger partial charge in [-0.1, -0.05) is 6.07 Å². The molecule has 80 valence electrons. The molecule has 0 saturated carbocycles. The van der Waals surface area contributed by atoms with Crippen LogP contribution in [0.1, 0.15) is 25.8 Å². The molecule has 15 heavy (non-hydrogen) atoms. The predicted molar refractivity (Wildman–Crippen MR) is 60.0 cm³/mol. The van der Waals surface area contributed by atoms with E-state index < -0.39 is 0 Å². The first-order valence-corrected chi connectivity index (χ1v) is 5.15. The Balaban J connectivity index is 2.21. The van der Waals surface area contributed by atoms with E-state index in [4.69, 9.17) is 5.26 Å². The highest BCUT2D eigenvalue weighted by Gasteiger charge is 2.15. The smallest absolute Gasteiger partial charge is 0.0684 e. The van der Waals surface area contributed by atoms with Crippen molar-refractivity contribution in [1.29, 1.82) is 5.26 Å². The zero-order chi connectivity index (χ0) is 11.1. The van der Waals surface area contributed by atoms with E-state index in [1.54, 1.807) is 6.20 Å². The lowest BCUT2D eigenvalue weighted by Crippen LogP contribution is -2.21. The highest BCUT2D eigenvalue weighted by atomic mass is 14.9. The monoisotopic (exact) mass is 203 g/mol. The Morgan fingerprint density at radius 1 is 1.53 bits per heavy atom. The maximum Gasteiger partial charge on any atom is 0.0684 e. The molecule has 1 rings (SSSR count). The van der Waals surface area contributed by atoms with E-state index in [2.05, 4.69) is 16.4 Å². The van der Waals surface area contributed by atoms with Crippen LogP contribution in [0.4, 0.5) is 0 Å². The fourth-order valence-electron chi connectivity index (χ4n) is 1.19. The molecule has 0 aliphatic carbocycles. The van der Waals surface area contributed by atoms with Gasteiger partial charge >= 0.3 is 0 Å². The van der Waals surface area contributed by atoms with Gasteiger partial charge in [-0.25, -0.2) is 0 Å². The second-order valence-corrected chi connectivity index (χ2v) is 4.28. The van der Waals surface area contributed by atoms with Gasteiger partial charge in [0.1, 0.15) is 0 Å². The molecule has 1 aromatic rings. The number of nitrogens with zero attached hydrogens (tertiary/aromatic N) is 2. The van der Waals surface area contributed by atoms with Crippen molar-refractivity contribution in [2.75, 3.05) is 6.54 Å². The maximum atomic E-state index is 8.82. The van der Waals surface area contributed by atoms with E-state index in [-0.39, 0.29) is 5.41 Å². The van der Waals surface area contributed by atoms with Crippen molar-refractivity contribution in [3.8, 4) is 6.07 Å². The van der Waals surface area contributed by atoms with E-state index in [9.17, 15) is 0 Å². The molecule has 0 radical (unpaired) electrons. The molecule has 3 nitrogen and oxygen atoms in total. The average molecular weight is 203 g/mol. The van der Waals surface area contributed by atoms with E-state index >= 15 is 0 Å². The number of aromatic nitrogens is 1. The summed E-state index contributed by atoms with van der Waals surface area (Å²) in [5.74, 6) is 0. The van der Waals surface area contributed by atoms with E-state index in [1.807, 2.05) is 32.2 Å². The third-order valence-corrected chi connectivity index (χ3v) is 2.28. The summed E-state index contributed by atoms with van der Waals surface area (Å²) >= 11 is 0. The lowest BCUT2D eigenvalue weighted by Gasteiger charge is -2.14. The maximum absolute atomic E-state index is 8.82. The fourth-order valence-corrected chi connectivity index (χ4v) is 1.19. The number of pyridine rings is 1. The summed E-state index contributed by atoms with van der Waals surface area (Å²) in [5.41, 5.74) is 0.939. The lowest BCUT2D eigenvalue weighted by atomic mass is 9.91. The molecule has 0 bridgehead atoms. The van der Waals surface area contributed by atoms with Crippen LogP contribution >= 0.6 is 0 Å². The molecule has 0 amide bonds. The number of rotatable bonds is 5. The Kier molecular flexibility index (Phi) is 4.26. The number of hydrogen-bond acceptors (Lipinski definition) is 3. The summed E-state index contributed by atoms with van der Waals surface area (Å²) in [4.78, 5) is 4.04. The molecule has 0 spiro atoms. The minimum absolute atomic E-state index is 0.234. The van der Waals surface area contributed by atoms with Crippen molar-refractivity contribution >= 4 is 0 Å². The Morgan fingerprint density at radius 3 is 2.93 bits per heavy atom. The molecule has 0 aromatic carbocycles.